The summed E-state index contributed by atoms with van der Waals surface area (Å²) in [4.78, 5) is 4.73. The zero-order valence-electron chi connectivity index (χ0n) is 11.5. The Morgan fingerprint density at radius 2 is 1.81 bits per heavy atom. The maximum Gasteiger partial charge on any atom is 0.163 e. The van der Waals surface area contributed by atoms with Crippen LogP contribution in [0.25, 0.3) is 27.6 Å². The van der Waals surface area contributed by atoms with E-state index in [0.29, 0.717) is 0 Å². The van der Waals surface area contributed by atoms with E-state index < -0.39 is 0 Å². The molecule has 0 atom stereocenters. The fourth-order valence-electron chi connectivity index (χ4n) is 2.49. The summed E-state index contributed by atoms with van der Waals surface area (Å²) in [5.74, 6) is 0.833. The van der Waals surface area contributed by atoms with Gasteiger partial charge in [0.15, 0.2) is 5.65 Å². The van der Waals surface area contributed by atoms with Crippen molar-refractivity contribution in [1.29, 1.82) is 0 Å². The number of benzene rings is 2. The number of hydrogen-bond donors (Lipinski definition) is 0. The summed E-state index contributed by atoms with van der Waals surface area (Å²) in [5.41, 5.74) is 2.80. The van der Waals surface area contributed by atoms with E-state index in [1.165, 1.54) is 0 Å². The van der Waals surface area contributed by atoms with Crippen LogP contribution in [-0.2, 0) is 0 Å². The van der Waals surface area contributed by atoms with E-state index in [0.717, 1.165) is 33.4 Å². The molecule has 0 saturated heterocycles. The molecule has 0 radical (unpaired) electrons. The highest BCUT2D eigenvalue weighted by Crippen LogP contribution is 2.24. The molecule has 2 aromatic carbocycles. The molecule has 21 heavy (non-hydrogen) atoms. The molecule has 0 unspecified atom stereocenters. The van der Waals surface area contributed by atoms with Crippen molar-refractivity contribution in [2.75, 3.05) is 7.11 Å². The first-order valence-corrected chi connectivity index (χ1v) is 6.73. The minimum atomic E-state index is 0.833. The summed E-state index contributed by atoms with van der Waals surface area (Å²) in [6.07, 6.45) is 1.84. The van der Waals surface area contributed by atoms with Crippen LogP contribution in [0.5, 0.6) is 5.75 Å². The Balaban J connectivity index is 1.98. The van der Waals surface area contributed by atoms with Crippen LogP contribution in [0.4, 0.5) is 0 Å². The molecule has 0 spiro atoms. The lowest BCUT2D eigenvalue weighted by Gasteiger charge is -2.05. The van der Waals surface area contributed by atoms with Gasteiger partial charge in [-0.1, -0.05) is 18.2 Å². The maximum absolute atomic E-state index is 5.26. The van der Waals surface area contributed by atoms with Gasteiger partial charge in [0.25, 0.3) is 0 Å². The van der Waals surface area contributed by atoms with Gasteiger partial charge in [-0.15, -0.1) is 0 Å². The second-order valence-corrected chi connectivity index (χ2v) is 4.85. The third kappa shape index (κ3) is 1.92. The smallest absolute Gasteiger partial charge is 0.163 e. The van der Waals surface area contributed by atoms with Crippen molar-refractivity contribution in [1.82, 2.24) is 14.8 Å². The Kier molecular flexibility index (Phi) is 2.60. The third-order valence-corrected chi connectivity index (χ3v) is 3.54. The van der Waals surface area contributed by atoms with Gasteiger partial charge < -0.3 is 4.74 Å². The zero-order chi connectivity index (χ0) is 14.2. The predicted octanol–water partition coefficient (Wildman–Crippen LogP) is 3.58. The molecule has 4 nitrogen and oxygen atoms in total. The molecule has 2 aromatic heterocycles. The maximum atomic E-state index is 5.26. The summed E-state index contributed by atoms with van der Waals surface area (Å²) in [7, 11) is 1.67. The van der Waals surface area contributed by atoms with Gasteiger partial charge in [-0.25, -0.2) is 9.67 Å². The second-order valence-electron chi connectivity index (χ2n) is 4.85. The number of hydrogen-bond acceptors (Lipinski definition) is 3. The van der Waals surface area contributed by atoms with E-state index in [-0.39, 0.29) is 0 Å². The van der Waals surface area contributed by atoms with Crippen molar-refractivity contribution >= 4 is 21.9 Å². The monoisotopic (exact) mass is 275 g/mol. The number of ether oxygens (including phenoxy) is 1. The first-order chi connectivity index (χ1) is 10.3. The third-order valence-electron chi connectivity index (χ3n) is 3.54. The van der Waals surface area contributed by atoms with Crippen molar-refractivity contribution in [3.05, 3.63) is 60.8 Å². The van der Waals surface area contributed by atoms with Gasteiger partial charge >= 0.3 is 0 Å². The lowest BCUT2D eigenvalue weighted by molar-refractivity contribution is 0.415. The number of rotatable bonds is 2. The van der Waals surface area contributed by atoms with E-state index in [2.05, 4.69) is 11.2 Å². The number of nitrogens with zero attached hydrogens (tertiary/aromatic N) is 3. The van der Waals surface area contributed by atoms with Crippen molar-refractivity contribution in [2.24, 2.45) is 0 Å². The quantitative estimate of drug-likeness (QED) is 0.561. The van der Waals surface area contributed by atoms with E-state index in [4.69, 9.17) is 9.72 Å². The summed E-state index contributed by atoms with van der Waals surface area (Å²) < 4.78 is 7.12. The largest absolute Gasteiger partial charge is 0.497 e. The molecule has 0 aliphatic heterocycles. The summed E-state index contributed by atoms with van der Waals surface area (Å²) in [5, 5.41) is 6.52. The molecule has 0 N–H and O–H groups in total. The Bertz CT molecular complexity index is 929. The van der Waals surface area contributed by atoms with Crippen LogP contribution >= 0.6 is 0 Å². The highest BCUT2D eigenvalue weighted by Gasteiger charge is 2.08. The van der Waals surface area contributed by atoms with Gasteiger partial charge in [0, 0.05) is 10.8 Å². The molecule has 0 saturated carbocycles. The summed E-state index contributed by atoms with van der Waals surface area (Å²) in [6.45, 7) is 0. The minimum absolute atomic E-state index is 0.833. The molecule has 2 heterocycles. The first kappa shape index (κ1) is 11.9. The Labute approximate surface area is 121 Å². The fraction of sp³-hybridized carbons (Fsp3) is 0.0588. The number of aromatic nitrogens is 3. The van der Waals surface area contributed by atoms with Crippen LogP contribution in [0.1, 0.15) is 0 Å². The molecule has 4 rings (SSSR count). The van der Waals surface area contributed by atoms with Gasteiger partial charge in [0.1, 0.15) is 5.75 Å². The number of para-hydroxylation sites is 1. The van der Waals surface area contributed by atoms with Gasteiger partial charge in [0.05, 0.1) is 24.5 Å². The zero-order valence-corrected chi connectivity index (χ0v) is 11.5. The van der Waals surface area contributed by atoms with Gasteiger partial charge in [0.2, 0.25) is 0 Å². The standard InChI is InChI=1S/C17H13N3O/c1-21-15-7-8-16-12(10-15)9-13-11-18-20(17(13)19-16)14-5-3-2-4-6-14/h2-11H,1H3. The second kappa shape index (κ2) is 4.59. The van der Waals surface area contributed by atoms with Gasteiger partial charge in [-0.3, -0.25) is 0 Å². The van der Waals surface area contributed by atoms with Crippen LogP contribution in [0.3, 0.4) is 0 Å². The number of methoxy groups -OCH3 is 1. The average Bonchev–Trinajstić information content (AvgIpc) is 2.95. The normalized spacial score (nSPS) is 11.1. The Morgan fingerprint density at radius 3 is 2.62 bits per heavy atom. The summed E-state index contributed by atoms with van der Waals surface area (Å²) in [6, 6.07) is 18.0. The topological polar surface area (TPSA) is 39.9 Å². The van der Waals surface area contributed by atoms with Crippen molar-refractivity contribution < 1.29 is 4.74 Å². The van der Waals surface area contributed by atoms with Crippen LogP contribution in [-0.4, -0.2) is 21.9 Å². The fourth-order valence-corrected chi connectivity index (χ4v) is 2.49. The van der Waals surface area contributed by atoms with Gasteiger partial charge in [-0.2, -0.15) is 5.10 Å². The number of pyridine rings is 1. The molecule has 0 bridgehead atoms. The SMILES string of the molecule is COc1ccc2nc3c(cnn3-c3ccccc3)cc2c1. The van der Waals surface area contributed by atoms with Crippen molar-refractivity contribution in [3.63, 3.8) is 0 Å². The van der Waals surface area contributed by atoms with E-state index in [1.807, 2.05) is 59.4 Å². The van der Waals surface area contributed by atoms with E-state index in [9.17, 15) is 0 Å². The van der Waals surface area contributed by atoms with Crippen LogP contribution in [0.15, 0.2) is 60.8 Å². The molecule has 0 aliphatic rings. The van der Waals surface area contributed by atoms with Crippen LogP contribution in [0, 0.1) is 0 Å². The molecular formula is C17H13N3O. The highest BCUT2D eigenvalue weighted by molar-refractivity contribution is 5.92. The minimum Gasteiger partial charge on any atom is -0.497 e. The number of fused-ring (bicyclic) bond motifs is 2. The van der Waals surface area contributed by atoms with Gasteiger partial charge in [-0.05, 0) is 36.4 Å². The Morgan fingerprint density at radius 1 is 0.952 bits per heavy atom. The molecule has 0 fully saturated rings. The van der Waals surface area contributed by atoms with E-state index in [1.54, 1.807) is 7.11 Å². The van der Waals surface area contributed by atoms with E-state index >= 15 is 0 Å². The lowest BCUT2D eigenvalue weighted by Crippen LogP contribution is -1.97. The Hall–Kier alpha value is -2.88. The molecule has 0 aliphatic carbocycles. The van der Waals surface area contributed by atoms with Crippen molar-refractivity contribution in [3.8, 4) is 11.4 Å². The molecule has 0 amide bonds. The highest BCUT2D eigenvalue weighted by atomic mass is 16.5. The van der Waals surface area contributed by atoms with Crippen LogP contribution < -0.4 is 4.74 Å². The average molecular weight is 275 g/mol. The van der Waals surface area contributed by atoms with Crippen LogP contribution in [0.2, 0.25) is 0 Å². The molecule has 4 aromatic rings. The van der Waals surface area contributed by atoms with Crippen molar-refractivity contribution in [2.45, 2.75) is 0 Å². The first-order valence-electron chi connectivity index (χ1n) is 6.73. The lowest BCUT2D eigenvalue weighted by atomic mass is 10.2. The predicted molar refractivity (Wildman–Crippen MR) is 82.9 cm³/mol. The molecule has 4 heteroatoms. The summed E-state index contributed by atoms with van der Waals surface area (Å²) >= 11 is 0. The molecule has 102 valence electrons. The molecular weight excluding hydrogens is 262 g/mol.